The van der Waals surface area contributed by atoms with E-state index in [1.54, 1.807) is 12.1 Å². The number of rotatable bonds is 8. The second-order valence-corrected chi connectivity index (χ2v) is 7.76. The quantitative estimate of drug-likeness (QED) is 0.296. The standard InChI is InChI=1S/C23H17NO7S/c25-16-7-4-13(5-8-16)19(26)12-21(27)24-15-6-9-20(18(11-15)23(30)31)32-17-3-1-2-14(10-17)22(28)29/h1-11,25H,12H2,(H,24,27)(H,28,29)(H,30,31). The minimum Gasteiger partial charge on any atom is -0.508 e. The van der Waals surface area contributed by atoms with Crippen LogP contribution >= 0.6 is 11.8 Å². The molecular formula is C23H17NO7S. The summed E-state index contributed by atoms with van der Waals surface area (Å²) in [6.07, 6.45) is -0.453. The van der Waals surface area contributed by atoms with Crippen molar-refractivity contribution < 1.29 is 34.5 Å². The third kappa shape index (κ3) is 5.73. The van der Waals surface area contributed by atoms with E-state index in [4.69, 9.17) is 5.11 Å². The number of nitrogens with one attached hydrogen (secondary N) is 1. The van der Waals surface area contributed by atoms with E-state index in [0.717, 1.165) is 11.8 Å². The molecule has 0 heterocycles. The molecule has 0 aliphatic heterocycles. The molecule has 3 rings (SSSR count). The molecule has 0 saturated carbocycles. The van der Waals surface area contributed by atoms with Crippen LogP contribution in [0.25, 0.3) is 0 Å². The van der Waals surface area contributed by atoms with Crippen molar-refractivity contribution in [2.24, 2.45) is 0 Å². The molecule has 0 bridgehead atoms. The van der Waals surface area contributed by atoms with Crippen LogP contribution in [0.1, 0.15) is 37.5 Å². The first-order valence-corrected chi connectivity index (χ1v) is 10.0. The van der Waals surface area contributed by atoms with Gasteiger partial charge in [-0.1, -0.05) is 17.8 Å². The number of phenols is 1. The van der Waals surface area contributed by atoms with Crippen molar-refractivity contribution in [1.82, 2.24) is 0 Å². The topological polar surface area (TPSA) is 141 Å². The Morgan fingerprint density at radius 1 is 0.812 bits per heavy atom. The molecule has 0 aromatic heterocycles. The minimum atomic E-state index is -1.22. The van der Waals surface area contributed by atoms with Gasteiger partial charge in [0.1, 0.15) is 5.75 Å². The maximum Gasteiger partial charge on any atom is 0.336 e. The van der Waals surface area contributed by atoms with Gasteiger partial charge in [-0.25, -0.2) is 9.59 Å². The predicted octanol–water partition coefficient (Wildman–Crippen LogP) is 4.15. The summed E-state index contributed by atoms with van der Waals surface area (Å²) >= 11 is 1.08. The highest BCUT2D eigenvalue weighted by Crippen LogP contribution is 2.32. The Labute approximate surface area is 186 Å². The van der Waals surface area contributed by atoms with Gasteiger partial charge in [0.25, 0.3) is 0 Å². The number of anilines is 1. The number of carboxylic acid groups (broad SMARTS) is 2. The summed E-state index contributed by atoms with van der Waals surface area (Å²) in [6.45, 7) is 0. The van der Waals surface area contributed by atoms with E-state index >= 15 is 0 Å². The molecule has 0 unspecified atom stereocenters. The second-order valence-electron chi connectivity index (χ2n) is 6.65. The van der Waals surface area contributed by atoms with Gasteiger partial charge in [0.05, 0.1) is 17.5 Å². The van der Waals surface area contributed by atoms with E-state index < -0.39 is 30.0 Å². The van der Waals surface area contributed by atoms with Crippen molar-refractivity contribution in [3.05, 3.63) is 83.4 Å². The molecule has 32 heavy (non-hydrogen) atoms. The van der Waals surface area contributed by atoms with Crippen molar-refractivity contribution in [3.63, 3.8) is 0 Å². The monoisotopic (exact) mass is 451 g/mol. The predicted molar refractivity (Wildman–Crippen MR) is 117 cm³/mol. The van der Waals surface area contributed by atoms with Gasteiger partial charge in [0.15, 0.2) is 5.78 Å². The molecule has 162 valence electrons. The van der Waals surface area contributed by atoms with Crippen molar-refractivity contribution in [2.45, 2.75) is 16.2 Å². The maximum atomic E-state index is 12.2. The fourth-order valence-corrected chi connectivity index (χ4v) is 3.76. The summed E-state index contributed by atoms with van der Waals surface area (Å²) in [5, 5.41) is 30.5. The summed E-state index contributed by atoms with van der Waals surface area (Å²) in [5.41, 5.74) is 0.460. The van der Waals surface area contributed by atoms with E-state index in [1.807, 2.05) is 0 Å². The molecule has 3 aromatic carbocycles. The number of carbonyl (C=O) groups is 4. The summed E-state index contributed by atoms with van der Waals surface area (Å²) in [6, 6.07) is 15.8. The van der Waals surface area contributed by atoms with Crippen LogP contribution in [0.3, 0.4) is 0 Å². The van der Waals surface area contributed by atoms with Crippen LogP contribution in [0.4, 0.5) is 5.69 Å². The number of hydrogen-bond acceptors (Lipinski definition) is 6. The van der Waals surface area contributed by atoms with Crippen LogP contribution in [0.2, 0.25) is 0 Å². The van der Waals surface area contributed by atoms with Gasteiger partial charge in [-0.05, 0) is 60.7 Å². The van der Waals surface area contributed by atoms with E-state index in [2.05, 4.69) is 5.32 Å². The molecular weight excluding hydrogens is 434 g/mol. The van der Waals surface area contributed by atoms with Crippen molar-refractivity contribution in [3.8, 4) is 5.75 Å². The lowest BCUT2D eigenvalue weighted by Gasteiger charge is -2.10. The van der Waals surface area contributed by atoms with Crippen LogP contribution in [0.5, 0.6) is 5.75 Å². The Kier molecular flexibility index (Phi) is 6.91. The highest BCUT2D eigenvalue weighted by atomic mass is 32.2. The summed E-state index contributed by atoms with van der Waals surface area (Å²) < 4.78 is 0. The maximum absolute atomic E-state index is 12.2. The molecule has 0 saturated heterocycles. The molecule has 8 nitrogen and oxygen atoms in total. The summed E-state index contributed by atoms with van der Waals surface area (Å²) in [7, 11) is 0. The van der Waals surface area contributed by atoms with Gasteiger partial charge in [0, 0.05) is 21.0 Å². The molecule has 0 aliphatic carbocycles. The average molecular weight is 451 g/mol. The lowest BCUT2D eigenvalue weighted by atomic mass is 10.1. The molecule has 0 aliphatic rings. The number of aromatic hydroxyl groups is 1. The van der Waals surface area contributed by atoms with Gasteiger partial charge in [-0.2, -0.15) is 0 Å². The van der Waals surface area contributed by atoms with E-state index in [-0.39, 0.29) is 28.1 Å². The van der Waals surface area contributed by atoms with Crippen LogP contribution < -0.4 is 5.32 Å². The highest BCUT2D eigenvalue weighted by molar-refractivity contribution is 7.99. The zero-order chi connectivity index (χ0) is 23.3. The first kappa shape index (κ1) is 22.6. The molecule has 0 fully saturated rings. The van der Waals surface area contributed by atoms with Gasteiger partial charge in [0.2, 0.25) is 5.91 Å². The lowest BCUT2D eigenvalue weighted by Crippen LogP contribution is -2.17. The zero-order valence-electron chi connectivity index (χ0n) is 16.4. The Balaban J connectivity index is 1.74. The average Bonchev–Trinajstić information content (AvgIpc) is 2.75. The molecule has 3 aromatic rings. The highest BCUT2D eigenvalue weighted by Gasteiger charge is 2.16. The Morgan fingerprint density at radius 2 is 1.53 bits per heavy atom. The van der Waals surface area contributed by atoms with Crippen molar-refractivity contribution in [1.29, 1.82) is 0 Å². The molecule has 0 radical (unpaired) electrons. The van der Waals surface area contributed by atoms with Gasteiger partial charge in [-0.15, -0.1) is 0 Å². The molecule has 1 amide bonds. The Bertz CT molecular complexity index is 1210. The fraction of sp³-hybridized carbons (Fsp3) is 0.0435. The SMILES string of the molecule is O=C(CC(=O)c1ccc(O)cc1)Nc1ccc(Sc2cccc(C(=O)O)c2)c(C(=O)O)c1. The fourth-order valence-electron chi connectivity index (χ4n) is 2.78. The van der Waals surface area contributed by atoms with E-state index in [1.165, 1.54) is 54.6 Å². The van der Waals surface area contributed by atoms with Crippen LogP contribution in [-0.4, -0.2) is 38.9 Å². The normalized spacial score (nSPS) is 10.4. The third-order valence-corrected chi connectivity index (χ3v) is 5.38. The van der Waals surface area contributed by atoms with Crippen LogP contribution in [0, 0.1) is 0 Å². The van der Waals surface area contributed by atoms with E-state index in [0.29, 0.717) is 9.79 Å². The molecule has 4 N–H and O–H groups in total. The number of aromatic carboxylic acids is 2. The number of Topliss-reactive ketones (excluding diaryl/α,β-unsaturated/α-hetero) is 1. The smallest absolute Gasteiger partial charge is 0.336 e. The number of carbonyl (C=O) groups excluding carboxylic acids is 2. The first-order chi connectivity index (χ1) is 15.2. The molecule has 0 spiro atoms. The number of carboxylic acids is 2. The lowest BCUT2D eigenvalue weighted by molar-refractivity contribution is -0.115. The molecule has 0 atom stereocenters. The minimum absolute atomic E-state index is 0.000141. The Hall–Kier alpha value is -4.11. The van der Waals surface area contributed by atoms with Gasteiger partial charge < -0.3 is 20.6 Å². The number of hydrogen-bond donors (Lipinski definition) is 4. The molecule has 9 heteroatoms. The summed E-state index contributed by atoms with van der Waals surface area (Å²) in [5.74, 6) is -3.38. The second kappa shape index (κ2) is 9.80. The van der Waals surface area contributed by atoms with Crippen LogP contribution in [-0.2, 0) is 4.79 Å². The first-order valence-electron chi connectivity index (χ1n) is 9.23. The zero-order valence-corrected chi connectivity index (χ0v) is 17.3. The van der Waals surface area contributed by atoms with Crippen molar-refractivity contribution in [2.75, 3.05) is 5.32 Å². The summed E-state index contributed by atoms with van der Waals surface area (Å²) in [4.78, 5) is 48.2. The number of amides is 1. The third-order valence-electron chi connectivity index (χ3n) is 4.31. The Morgan fingerprint density at radius 3 is 2.19 bits per heavy atom. The van der Waals surface area contributed by atoms with Crippen LogP contribution in [0.15, 0.2) is 76.5 Å². The van der Waals surface area contributed by atoms with Crippen molar-refractivity contribution >= 4 is 41.1 Å². The number of benzene rings is 3. The number of phenolic OH excluding ortho intramolecular Hbond substituents is 1. The number of ketones is 1. The van der Waals surface area contributed by atoms with E-state index in [9.17, 15) is 29.4 Å². The largest absolute Gasteiger partial charge is 0.508 e. The van der Waals surface area contributed by atoms with Gasteiger partial charge in [-0.3, -0.25) is 9.59 Å². The van der Waals surface area contributed by atoms with Gasteiger partial charge >= 0.3 is 11.9 Å².